The van der Waals surface area contributed by atoms with E-state index in [1.165, 1.54) is 11.8 Å². The first-order chi connectivity index (χ1) is 11.4. The van der Waals surface area contributed by atoms with Crippen LogP contribution in [0.2, 0.25) is 0 Å². The van der Waals surface area contributed by atoms with Gasteiger partial charge in [0.05, 0.1) is 23.6 Å². The topological polar surface area (TPSA) is 72.9 Å². The van der Waals surface area contributed by atoms with Gasteiger partial charge in [0.15, 0.2) is 0 Å². The highest BCUT2D eigenvalue weighted by Crippen LogP contribution is 2.52. The number of hydrogen-bond donors (Lipinski definition) is 0. The summed E-state index contributed by atoms with van der Waals surface area (Å²) in [7, 11) is 0. The Morgan fingerprint density at radius 2 is 2.04 bits per heavy atom. The Bertz CT molecular complexity index is 785. The van der Waals surface area contributed by atoms with Gasteiger partial charge in [-0.25, -0.2) is 4.90 Å². The second-order valence-corrected chi connectivity index (χ2v) is 6.48. The van der Waals surface area contributed by atoms with Crippen LogP contribution in [0.1, 0.15) is 12.5 Å². The average molecular weight is 327 g/mol. The second-order valence-electron chi connectivity index (χ2n) is 6.48. The lowest BCUT2D eigenvalue weighted by molar-refractivity contribution is -0.150. The largest absolute Gasteiger partial charge is 0.462 e. The molecule has 0 saturated carbocycles. The molecule has 0 spiro atoms. The molecule has 0 aliphatic carbocycles. The number of anilines is 1. The van der Waals surface area contributed by atoms with E-state index >= 15 is 0 Å². The van der Waals surface area contributed by atoms with Crippen LogP contribution in [0.15, 0.2) is 36.4 Å². The third-order valence-corrected chi connectivity index (χ3v) is 5.01. The van der Waals surface area contributed by atoms with Crippen LogP contribution in [-0.4, -0.2) is 36.1 Å². The van der Waals surface area contributed by atoms with E-state index in [4.69, 9.17) is 9.47 Å². The van der Waals surface area contributed by atoms with E-state index in [1.54, 1.807) is 24.3 Å². The zero-order chi connectivity index (χ0) is 17.1. The number of carbonyl (C=O) groups is 3. The van der Waals surface area contributed by atoms with E-state index in [-0.39, 0.29) is 18.4 Å². The van der Waals surface area contributed by atoms with E-state index in [0.717, 1.165) is 5.56 Å². The Labute approximate surface area is 139 Å². The van der Waals surface area contributed by atoms with Crippen LogP contribution in [0.4, 0.5) is 5.69 Å². The van der Waals surface area contributed by atoms with Crippen molar-refractivity contribution >= 4 is 23.5 Å². The van der Waals surface area contributed by atoms with Crippen molar-refractivity contribution in [2.75, 3.05) is 11.5 Å². The lowest BCUT2D eigenvalue weighted by Crippen LogP contribution is -2.44. The number of aryl methyl sites for hydroxylation is 1. The monoisotopic (exact) mass is 327 g/mol. The Balaban J connectivity index is 1.72. The normalized spacial score (nSPS) is 33.2. The highest BCUT2D eigenvalue weighted by molar-refractivity contribution is 6.23. The molecule has 0 radical (unpaired) electrons. The molecule has 3 aliphatic rings. The van der Waals surface area contributed by atoms with Gasteiger partial charge in [0.1, 0.15) is 12.2 Å². The first-order valence-electron chi connectivity index (χ1n) is 7.88. The summed E-state index contributed by atoms with van der Waals surface area (Å²) >= 11 is 0. The molecule has 24 heavy (non-hydrogen) atoms. The minimum Gasteiger partial charge on any atom is -0.462 e. The first-order valence-corrected chi connectivity index (χ1v) is 7.88. The Kier molecular flexibility index (Phi) is 3.15. The fraction of sp³-hybridized carbons (Fsp3) is 0.389. The van der Waals surface area contributed by atoms with Crippen molar-refractivity contribution < 1.29 is 23.9 Å². The maximum Gasteiger partial charge on any atom is 0.302 e. The molecule has 4 atom stereocenters. The molecule has 4 rings (SSSR count). The smallest absolute Gasteiger partial charge is 0.302 e. The minimum absolute atomic E-state index is 0.0584. The van der Waals surface area contributed by atoms with Crippen LogP contribution in [0.3, 0.4) is 0 Å². The van der Waals surface area contributed by atoms with E-state index in [0.29, 0.717) is 5.69 Å². The summed E-state index contributed by atoms with van der Waals surface area (Å²) in [5.41, 5.74) is 0.420. The minimum atomic E-state index is -1.04. The average Bonchev–Trinajstić information content (AvgIpc) is 3.18. The molecule has 3 aliphatic heterocycles. The number of ether oxygens (including phenoxy) is 2. The van der Waals surface area contributed by atoms with Gasteiger partial charge >= 0.3 is 5.97 Å². The summed E-state index contributed by atoms with van der Waals surface area (Å²) in [5, 5.41) is 0. The van der Waals surface area contributed by atoms with Crippen molar-refractivity contribution in [3.05, 3.63) is 42.0 Å². The Morgan fingerprint density at radius 1 is 1.29 bits per heavy atom. The molecule has 2 saturated heterocycles. The van der Waals surface area contributed by atoms with Crippen LogP contribution >= 0.6 is 0 Å². The molecule has 6 heteroatoms. The predicted octanol–water partition coefficient (Wildman–Crippen LogP) is 1.37. The fourth-order valence-electron chi connectivity index (χ4n) is 3.93. The van der Waals surface area contributed by atoms with Crippen LogP contribution in [-0.2, 0) is 23.9 Å². The van der Waals surface area contributed by atoms with Crippen LogP contribution in [0, 0.1) is 18.8 Å². The molecule has 6 nitrogen and oxygen atoms in total. The molecular weight excluding hydrogens is 310 g/mol. The standard InChI is InChI=1S/C18H17NO5/c1-10-5-3-4-6-12(10)19-16(21)14-13-7-8-18(24-13,9-23-11(2)20)15(14)17(19)22/h3-8,13-15H,9H2,1-2H3/t13-,14-,15+,18-/m1/s1. The maximum absolute atomic E-state index is 13.0. The summed E-state index contributed by atoms with van der Waals surface area (Å²) in [4.78, 5) is 38.4. The molecular formula is C18H17NO5. The van der Waals surface area contributed by atoms with E-state index in [2.05, 4.69) is 0 Å². The molecule has 1 aromatic carbocycles. The number of carbonyl (C=O) groups excluding carboxylic acids is 3. The highest BCUT2D eigenvalue weighted by Gasteiger charge is 2.68. The van der Waals surface area contributed by atoms with Gasteiger partial charge in [-0.2, -0.15) is 0 Å². The Morgan fingerprint density at radius 3 is 2.75 bits per heavy atom. The summed E-state index contributed by atoms with van der Waals surface area (Å²) in [6, 6.07) is 7.29. The predicted molar refractivity (Wildman–Crippen MR) is 84.0 cm³/mol. The summed E-state index contributed by atoms with van der Waals surface area (Å²) in [6.45, 7) is 3.11. The van der Waals surface area contributed by atoms with Gasteiger partial charge in [0.2, 0.25) is 11.8 Å². The molecule has 0 aromatic heterocycles. The molecule has 124 valence electrons. The number of para-hydroxylation sites is 1. The zero-order valence-corrected chi connectivity index (χ0v) is 13.4. The van der Waals surface area contributed by atoms with Gasteiger partial charge in [0, 0.05) is 6.92 Å². The van der Waals surface area contributed by atoms with Crippen molar-refractivity contribution in [1.82, 2.24) is 0 Å². The lowest BCUT2D eigenvalue weighted by Gasteiger charge is -2.28. The van der Waals surface area contributed by atoms with E-state index < -0.39 is 29.5 Å². The number of benzene rings is 1. The molecule has 1 aromatic rings. The van der Waals surface area contributed by atoms with Gasteiger partial charge in [0.25, 0.3) is 0 Å². The maximum atomic E-state index is 13.0. The van der Waals surface area contributed by atoms with Crippen LogP contribution in [0.5, 0.6) is 0 Å². The van der Waals surface area contributed by atoms with Gasteiger partial charge in [-0.15, -0.1) is 0 Å². The first kappa shape index (κ1) is 15.1. The molecule has 3 heterocycles. The summed E-state index contributed by atoms with van der Waals surface area (Å²) in [5.74, 6) is -2.20. The Hall–Kier alpha value is -2.47. The lowest BCUT2D eigenvalue weighted by atomic mass is 9.77. The fourth-order valence-corrected chi connectivity index (χ4v) is 3.93. The van der Waals surface area contributed by atoms with Crippen LogP contribution < -0.4 is 4.90 Å². The molecule has 2 bridgehead atoms. The van der Waals surface area contributed by atoms with Crippen molar-refractivity contribution in [1.29, 1.82) is 0 Å². The SMILES string of the molecule is CC(=O)OC[C@@]12C=C[C@@H](O1)[C@H]1C(=O)N(c3ccccc3C)C(=O)[C@H]12. The summed E-state index contributed by atoms with van der Waals surface area (Å²) in [6.07, 6.45) is 3.10. The van der Waals surface area contributed by atoms with Crippen molar-refractivity contribution in [3.8, 4) is 0 Å². The number of rotatable bonds is 3. The third-order valence-electron chi connectivity index (χ3n) is 5.01. The molecule has 2 fully saturated rings. The number of hydrogen-bond acceptors (Lipinski definition) is 5. The number of amides is 2. The van der Waals surface area contributed by atoms with Gasteiger partial charge < -0.3 is 9.47 Å². The van der Waals surface area contributed by atoms with E-state index in [1.807, 2.05) is 19.1 Å². The second kappa shape index (κ2) is 5.01. The quantitative estimate of drug-likeness (QED) is 0.476. The van der Waals surface area contributed by atoms with Gasteiger partial charge in [-0.05, 0) is 24.6 Å². The highest BCUT2D eigenvalue weighted by atomic mass is 16.6. The number of esters is 1. The third kappa shape index (κ3) is 1.89. The van der Waals surface area contributed by atoms with Crippen molar-refractivity contribution in [3.63, 3.8) is 0 Å². The van der Waals surface area contributed by atoms with Crippen molar-refractivity contribution in [2.24, 2.45) is 11.8 Å². The number of imide groups is 1. The van der Waals surface area contributed by atoms with Gasteiger partial charge in [-0.1, -0.05) is 24.3 Å². The van der Waals surface area contributed by atoms with E-state index in [9.17, 15) is 14.4 Å². The molecule has 0 N–H and O–H groups in total. The molecule has 0 unspecified atom stereocenters. The summed E-state index contributed by atoms with van der Waals surface area (Å²) < 4.78 is 11.0. The number of fused-ring (bicyclic) bond motifs is 5. The van der Waals surface area contributed by atoms with Crippen molar-refractivity contribution in [2.45, 2.75) is 25.6 Å². The number of nitrogens with zero attached hydrogens (tertiary/aromatic N) is 1. The molecule has 2 amide bonds. The van der Waals surface area contributed by atoms with Gasteiger partial charge in [-0.3, -0.25) is 14.4 Å². The zero-order valence-electron chi connectivity index (χ0n) is 13.4. The van der Waals surface area contributed by atoms with Crippen LogP contribution in [0.25, 0.3) is 0 Å².